The van der Waals surface area contributed by atoms with Crippen molar-refractivity contribution in [2.24, 2.45) is 5.92 Å². The van der Waals surface area contributed by atoms with Crippen LogP contribution in [-0.4, -0.2) is 17.2 Å². The fourth-order valence-corrected chi connectivity index (χ4v) is 2.80. The van der Waals surface area contributed by atoms with Gasteiger partial charge in [-0.15, -0.1) is 0 Å². The number of carbonyl (C=O) groups is 1. The Morgan fingerprint density at radius 2 is 2.14 bits per heavy atom. The molecule has 21 heavy (non-hydrogen) atoms. The second-order valence-electron chi connectivity index (χ2n) is 5.46. The lowest BCUT2D eigenvalue weighted by Crippen LogP contribution is -2.30. The summed E-state index contributed by atoms with van der Waals surface area (Å²) in [6, 6.07) is 6.28. The Labute approximate surface area is 129 Å². The number of rotatable bonds is 5. The van der Waals surface area contributed by atoms with Crippen LogP contribution in [0.15, 0.2) is 36.4 Å². The van der Waals surface area contributed by atoms with Crippen LogP contribution >= 0.6 is 11.9 Å². The molecule has 1 unspecified atom stereocenters. The molecule has 1 aromatic rings. The largest absolute Gasteiger partial charge is 0.325 e. The Bertz CT molecular complexity index is 519. The first-order valence-corrected chi connectivity index (χ1v) is 8.08. The van der Waals surface area contributed by atoms with Crippen molar-refractivity contribution in [3.05, 3.63) is 42.2 Å². The molecule has 1 amide bonds. The summed E-state index contributed by atoms with van der Waals surface area (Å²) in [7, 11) is 0. The van der Waals surface area contributed by atoms with Gasteiger partial charge in [0.15, 0.2) is 0 Å². The van der Waals surface area contributed by atoms with Gasteiger partial charge in [0.25, 0.3) is 0 Å². The first-order chi connectivity index (χ1) is 10.0. The molecule has 0 aliphatic heterocycles. The van der Waals surface area contributed by atoms with E-state index in [1.807, 2.05) is 6.08 Å². The highest BCUT2D eigenvalue weighted by molar-refractivity contribution is 7.98. The molecule has 5 heteroatoms. The van der Waals surface area contributed by atoms with Crippen LogP contribution in [0.2, 0.25) is 0 Å². The number of hydrogen-bond donors (Lipinski definition) is 2. The fraction of sp³-hybridized carbons (Fsp3) is 0.438. The van der Waals surface area contributed by atoms with Crippen molar-refractivity contribution in [3.8, 4) is 0 Å². The van der Waals surface area contributed by atoms with E-state index in [9.17, 15) is 9.18 Å². The Morgan fingerprint density at radius 3 is 2.76 bits per heavy atom. The third kappa shape index (κ3) is 5.17. The van der Waals surface area contributed by atoms with Crippen molar-refractivity contribution >= 4 is 23.5 Å². The molecule has 0 aromatic heterocycles. The quantitative estimate of drug-likeness (QED) is 0.643. The third-order valence-corrected chi connectivity index (χ3v) is 4.16. The molecule has 0 heterocycles. The van der Waals surface area contributed by atoms with Crippen molar-refractivity contribution in [2.45, 2.75) is 38.0 Å². The van der Waals surface area contributed by atoms with Gasteiger partial charge in [0.1, 0.15) is 5.82 Å². The van der Waals surface area contributed by atoms with Crippen LogP contribution in [-0.2, 0) is 4.79 Å². The maximum absolute atomic E-state index is 13.1. The molecular formula is C16H21FN2OS. The average Bonchev–Trinajstić information content (AvgIpc) is 2.45. The van der Waals surface area contributed by atoms with Gasteiger partial charge in [0, 0.05) is 17.0 Å². The van der Waals surface area contributed by atoms with Gasteiger partial charge < -0.3 is 5.32 Å². The Kier molecular flexibility index (Phi) is 5.82. The zero-order valence-electron chi connectivity index (χ0n) is 12.3. The smallest absolute Gasteiger partial charge is 0.231 e. The number of benzene rings is 1. The molecule has 0 fully saturated rings. The molecule has 0 bridgehead atoms. The lowest BCUT2D eigenvalue weighted by molar-refractivity contribution is -0.118. The Morgan fingerprint density at radius 1 is 1.33 bits per heavy atom. The van der Waals surface area contributed by atoms with Crippen LogP contribution in [0.4, 0.5) is 10.1 Å². The van der Waals surface area contributed by atoms with E-state index in [1.165, 1.54) is 12.1 Å². The van der Waals surface area contributed by atoms with Crippen LogP contribution in [0.1, 0.15) is 26.7 Å². The summed E-state index contributed by atoms with van der Waals surface area (Å²) in [5.74, 6) is -0.566. The predicted molar refractivity (Wildman–Crippen MR) is 86.5 cm³/mol. The summed E-state index contributed by atoms with van der Waals surface area (Å²) in [5, 5.41) is 3.30. The van der Waals surface area contributed by atoms with Crippen LogP contribution in [0.3, 0.4) is 0 Å². The highest BCUT2D eigenvalue weighted by Crippen LogP contribution is 2.21. The minimum absolute atomic E-state index is 0.0770. The number of halogens is 1. The van der Waals surface area contributed by atoms with Crippen LogP contribution < -0.4 is 10.0 Å². The molecule has 2 N–H and O–H groups in total. The number of nitrogens with one attached hydrogen (secondary N) is 2. The predicted octanol–water partition coefficient (Wildman–Crippen LogP) is 3.75. The summed E-state index contributed by atoms with van der Waals surface area (Å²) in [4.78, 5) is 12.1. The molecule has 3 nitrogen and oxygen atoms in total. The second-order valence-corrected chi connectivity index (χ2v) is 6.87. The number of amides is 1. The van der Waals surface area contributed by atoms with Gasteiger partial charge in [-0.25, -0.2) is 4.39 Å². The normalized spacial score (nSPS) is 21.5. The van der Waals surface area contributed by atoms with Crippen molar-refractivity contribution in [3.63, 3.8) is 0 Å². The Balaban J connectivity index is 1.86. The summed E-state index contributed by atoms with van der Waals surface area (Å²) >= 11 is 1.71. The van der Waals surface area contributed by atoms with Crippen molar-refractivity contribution in [1.29, 1.82) is 0 Å². The fourth-order valence-electron chi connectivity index (χ4n) is 2.16. The topological polar surface area (TPSA) is 41.1 Å². The van der Waals surface area contributed by atoms with E-state index in [0.29, 0.717) is 17.0 Å². The van der Waals surface area contributed by atoms with E-state index in [4.69, 9.17) is 0 Å². The number of anilines is 1. The lowest BCUT2D eigenvalue weighted by atomic mass is 9.92. The molecule has 0 saturated heterocycles. The molecular weight excluding hydrogens is 287 g/mol. The minimum Gasteiger partial charge on any atom is -0.325 e. The van der Waals surface area contributed by atoms with E-state index in [2.05, 4.69) is 30.0 Å². The van der Waals surface area contributed by atoms with Gasteiger partial charge >= 0.3 is 0 Å². The molecule has 0 saturated carbocycles. The summed E-state index contributed by atoms with van der Waals surface area (Å²) in [6.07, 6.45) is 5.72. The molecule has 1 aromatic carbocycles. The first kappa shape index (κ1) is 16.0. The first-order valence-electron chi connectivity index (χ1n) is 7.20. The molecule has 0 spiro atoms. The average molecular weight is 308 g/mol. The maximum atomic E-state index is 13.1. The number of carbonyl (C=O) groups excluding carboxylic acids is 1. The van der Waals surface area contributed by atoms with Gasteiger partial charge in [-0.3, -0.25) is 9.52 Å². The molecule has 2 atom stereocenters. The van der Waals surface area contributed by atoms with Gasteiger partial charge in [-0.05, 0) is 31.0 Å². The standard InChI is InChI=1S/C16H21FN2OS/c1-11(2)21-19-14-8-6-12(7-9-14)16(20)18-15-5-3-4-13(17)10-15/h3-6,8,10-12,14,19H,7,9H2,1-2H3,(H,18,20)/t12?,14-/m0/s1. The molecule has 1 aliphatic carbocycles. The molecule has 1 aliphatic rings. The molecule has 0 radical (unpaired) electrons. The van der Waals surface area contributed by atoms with E-state index in [-0.39, 0.29) is 17.6 Å². The van der Waals surface area contributed by atoms with Crippen LogP contribution in [0.5, 0.6) is 0 Å². The van der Waals surface area contributed by atoms with Crippen LogP contribution in [0, 0.1) is 11.7 Å². The van der Waals surface area contributed by atoms with E-state index < -0.39 is 0 Å². The van der Waals surface area contributed by atoms with E-state index in [0.717, 1.165) is 12.8 Å². The van der Waals surface area contributed by atoms with Crippen LogP contribution in [0.25, 0.3) is 0 Å². The highest BCUT2D eigenvalue weighted by atomic mass is 32.2. The summed E-state index contributed by atoms with van der Waals surface area (Å²) in [5.41, 5.74) is 0.504. The lowest BCUT2D eigenvalue weighted by Gasteiger charge is -2.23. The minimum atomic E-state index is -0.345. The van der Waals surface area contributed by atoms with Crippen molar-refractivity contribution < 1.29 is 9.18 Å². The second kappa shape index (κ2) is 7.61. The molecule has 2 rings (SSSR count). The third-order valence-electron chi connectivity index (χ3n) is 3.25. The SMILES string of the molecule is CC(C)SN[C@H]1C=CC(C(=O)Nc2cccc(F)c2)CC1. The monoisotopic (exact) mass is 308 g/mol. The zero-order chi connectivity index (χ0) is 15.2. The number of hydrogen-bond acceptors (Lipinski definition) is 3. The zero-order valence-corrected chi connectivity index (χ0v) is 13.1. The van der Waals surface area contributed by atoms with E-state index >= 15 is 0 Å². The van der Waals surface area contributed by atoms with Gasteiger partial charge in [0.2, 0.25) is 5.91 Å². The van der Waals surface area contributed by atoms with E-state index in [1.54, 1.807) is 24.1 Å². The Hall–Kier alpha value is -1.33. The summed E-state index contributed by atoms with van der Waals surface area (Å²) < 4.78 is 16.5. The molecule has 114 valence electrons. The van der Waals surface area contributed by atoms with Crippen molar-refractivity contribution in [2.75, 3.05) is 5.32 Å². The van der Waals surface area contributed by atoms with Gasteiger partial charge in [-0.2, -0.15) is 0 Å². The highest BCUT2D eigenvalue weighted by Gasteiger charge is 2.21. The maximum Gasteiger partial charge on any atom is 0.231 e. The summed E-state index contributed by atoms with van der Waals surface area (Å²) in [6.45, 7) is 4.28. The van der Waals surface area contributed by atoms with Gasteiger partial charge in [-0.1, -0.05) is 44.0 Å². The van der Waals surface area contributed by atoms with Crippen molar-refractivity contribution in [1.82, 2.24) is 4.72 Å². The van der Waals surface area contributed by atoms with Gasteiger partial charge in [0.05, 0.1) is 5.92 Å².